The highest BCUT2D eigenvalue weighted by Gasteiger charge is 2.18. The molecule has 0 radical (unpaired) electrons. The minimum Gasteiger partial charge on any atom is -0.399 e. The second-order valence-electron chi connectivity index (χ2n) is 3.21. The van der Waals surface area contributed by atoms with E-state index in [1.807, 2.05) is 24.3 Å². The molecule has 13 heavy (non-hydrogen) atoms. The molecule has 70 valence electrons. The monoisotopic (exact) mass is 179 g/mol. The van der Waals surface area contributed by atoms with Gasteiger partial charge in [-0.15, -0.1) is 0 Å². The van der Waals surface area contributed by atoms with E-state index in [0.29, 0.717) is 6.61 Å². The van der Waals surface area contributed by atoms with Crippen molar-refractivity contribution in [2.24, 2.45) is 0 Å². The van der Waals surface area contributed by atoms with Crippen LogP contribution in [0.1, 0.15) is 5.56 Å². The quantitative estimate of drug-likeness (QED) is 0.709. The van der Waals surface area contributed by atoms with Crippen LogP contribution in [0.4, 0.5) is 5.69 Å². The highest BCUT2D eigenvalue weighted by atomic mass is 16.6. The van der Waals surface area contributed by atoms with E-state index in [1.165, 1.54) is 0 Å². The molecule has 3 nitrogen and oxygen atoms in total. The van der Waals surface area contributed by atoms with Crippen molar-refractivity contribution in [3.8, 4) is 0 Å². The van der Waals surface area contributed by atoms with E-state index in [0.717, 1.165) is 24.5 Å². The highest BCUT2D eigenvalue weighted by Crippen LogP contribution is 2.11. The molecule has 0 unspecified atom stereocenters. The van der Waals surface area contributed by atoms with Crippen LogP contribution in [0.25, 0.3) is 0 Å². The van der Waals surface area contributed by atoms with Gasteiger partial charge < -0.3 is 15.2 Å². The Balaban J connectivity index is 1.83. The molecule has 0 atom stereocenters. The predicted octanol–water partition coefficient (Wildman–Crippen LogP) is 1.18. The maximum absolute atomic E-state index is 5.56. The van der Waals surface area contributed by atoms with Crippen molar-refractivity contribution in [2.75, 3.05) is 18.9 Å². The average Bonchev–Trinajstić information content (AvgIpc) is 2.05. The first-order valence-corrected chi connectivity index (χ1v) is 4.38. The first kappa shape index (κ1) is 8.53. The van der Waals surface area contributed by atoms with E-state index in [2.05, 4.69) is 0 Å². The summed E-state index contributed by atoms with van der Waals surface area (Å²) in [5.74, 6) is 0. The number of anilines is 1. The molecule has 2 N–H and O–H groups in total. The average molecular weight is 179 g/mol. The number of nitrogens with two attached hydrogens (primary N) is 1. The number of benzene rings is 1. The van der Waals surface area contributed by atoms with Gasteiger partial charge >= 0.3 is 0 Å². The molecule has 0 saturated carbocycles. The third kappa shape index (κ3) is 2.20. The second-order valence-corrected chi connectivity index (χ2v) is 3.21. The molecule has 1 heterocycles. The van der Waals surface area contributed by atoms with Crippen LogP contribution in [-0.2, 0) is 16.1 Å². The summed E-state index contributed by atoms with van der Waals surface area (Å²) in [6, 6.07) is 7.73. The van der Waals surface area contributed by atoms with Crippen molar-refractivity contribution in [2.45, 2.75) is 12.7 Å². The molecular weight excluding hydrogens is 166 g/mol. The smallest absolute Gasteiger partial charge is 0.105 e. The molecule has 1 fully saturated rings. The molecule has 1 aromatic rings. The molecule has 0 spiro atoms. The van der Waals surface area contributed by atoms with Crippen LogP contribution in [0.5, 0.6) is 0 Å². The molecule has 0 bridgehead atoms. The molecular formula is C10H13NO2. The van der Waals surface area contributed by atoms with E-state index in [-0.39, 0.29) is 6.10 Å². The maximum Gasteiger partial charge on any atom is 0.105 e. The molecule has 2 rings (SSSR count). The lowest BCUT2D eigenvalue weighted by molar-refractivity contribution is -0.135. The molecule has 1 aliphatic rings. The number of rotatable bonds is 3. The zero-order valence-corrected chi connectivity index (χ0v) is 7.40. The fraction of sp³-hybridized carbons (Fsp3) is 0.400. The van der Waals surface area contributed by atoms with Gasteiger partial charge in [-0.25, -0.2) is 0 Å². The van der Waals surface area contributed by atoms with Gasteiger partial charge in [-0.1, -0.05) is 12.1 Å². The first-order chi connectivity index (χ1) is 6.34. The molecule has 3 heteroatoms. The van der Waals surface area contributed by atoms with Gasteiger partial charge in [-0.05, 0) is 17.7 Å². The van der Waals surface area contributed by atoms with Gasteiger partial charge in [0.1, 0.15) is 6.10 Å². The summed E-state index contributed by atoms with van der Waals surface area (Å²) in [7, 11) is 0. The van der Waals surface area contributed by atoms with Crippen molar-refractivity contribution in [1.82, 2.24) is 0 Å². The summed E-state index contributed by atoms with van der Waals surface area (Å²) >= 11 is 0. The fourth-order valence-corrected chi connectivity index (χ4v) is 1.14. The summed E-state index contributed by atoms with van der Waals surface area (Å²) in [5, 5.41) is 0. The Morgan fingerprint density at radius 1 is 1.31 bits per heavy atom. The fourth-order valence-electron chi connectivity index (χ4n) is 1.14. The Kier molecular flexibility index (Phi) is 2.47. The molecule has 0 amide bonds. The number of hydrogen-bond donors (Lipinski definition) is 1. The topological polar surface area (TPSA) is 44.5 Å². The van der Waals surface area contributed by atoms with Gasteiger partial charge in [0.05, 0.1) is 19.8 Å². The summed E-state index contributed by atoms with van der Waals surface area (Å²) in [6.45, 7) is 2.11. The largest absolute Gasteiger partial charge is 0.399 e. The zero-order valence-electron chi connectivity index (χ0n) is 7.40. The van der Waals surface area contributed by atoms with Crippen molar-refractivity contribution < 1.29 is 9.47 Å². The standard InChI is InChI=1S/C10H13NO2/c11-9-3-1-8(2-4-9)5-13-10-6-12-7-10/h1-4,10H,5-7,11H2. The summed E-state index contributed by atoms with van der Waals surface area (Å²) in [4.78, 5) is 0. The van der Waals surface area contributed by atoms with Crippen molar-refractivity contribution in [1.29, 1.82) is 0 Å². The minimum absolute atomic E-state index is 0.289. The lowest BCUT2D eigenvalue weighted by Crippen LogP contribution is -2.35. The van der Waals surface area contributed by atoms with Gasteiger partial charge in [-0.3, -0.25) is 0 Å². The Morgan fingerprint density at radius 3 is 2.54 bits per heavy atom. The number of ether oxygens (including phenoxy) is 2. The van der Waals surface area contributed by atoms with Crippen molar-refractivity contribution in [3.05, 3.63) is 29.8 Å². The molecule has 0 aliphatic carbocycles. The van der Waals surface area contributed by atoms with Gasteiger partial charge in [0, 0.05) is 5.69 Å². The third-order valence-corrected chi connectivity index (χ3v) is 2.07. The Morgan fingerprint density at radius 2 is 2.00 bits per heavy atom. The van der Waals surface area contributed by atoms with Crippen LogP contribution in [0.15, 0.2) is 24.3 Å². The van der Waals surface area contributed by atoms with E-state index in [1.54, 1.807) is 0 Å². The molecule has 0 aromatic heterocycles. The van der Waals surface area contributed by atoms with E-state index in [9.17, 15) is 0 Å². The molecule has 1 aromatic carbocycles. The molecule has 1 saturated heterocycles. The number of hydrogen-bond acceptors (Lipinski definition) is 3. The summed E-state index contributed by atoms with van der Waals surface area (Å²) in [6.07, 6.45) is 0.289. The maximum atomic E-state index is 5.56. The highest BCUT2D eigenvalue weighted by molar-refractivity contribution is 5.39. The summed E-state index contributed by atoms with van der Waals surface area (Å²) < 4.78 is 10.5. The first-order valence-electron chi connectivity index (χ1n) is 4.38. The molecule has 1 aliphatic heterocycles. The van der Waals surface area contributed by atoms with Crippen LogP contribution in [0.2, 0.25) is 0 Å². The summed E-state index contributed by atoms with van der Waals surface area (Å²) in [5.41, 5.74) is 7.50. The lowest BCUT2D eigenvalue weighted by Gasteiger charge is -2.25. The Bertz CT molecular complexity index is 267. The van der Waals surface area contributed by atoms with Crippen molar-refractivity contribution in [3.63, 3.8) is 0 Å². The van der Waals surface area contributed by atoms with E-state index >= 15 is 0 Å². The minimum atomic E-state index is 0.289. The Hall–Kier alpha value is -1.06. The number of nitrogen functional groups attached to an aromatic ring is 1. The van der Waals surface area contributed by atoms with Crippen LogP contribution in [-0.4, -0.2) is 19.3 Å². The van der Waals surface area contributed by atoms with Gasteiger partial charge in [0.25, 0.3) is 0 Å². The SMILES string of the molecule is Nc1ccc(COC2COC2)cc1. The van der Waals surface area contributed by atoms with Gasteiger partial charge in [-0.2, -0.15) is 0 Å². The van der Waals surface area contributed by atoms with E-state index in [4.69, 9.17) is 15.2 Å². The van der Waals surface area contributed by atoms with Gasteiger partial charge in [0.2, 0.25) is 0 Å². The van der Waals surface area contributed by atoms with E-state index < -0.39 is 0 Å². The van der Waals surface area contributed by atoms with Crippen LogP contribution >= 0.6 is 0 Å². The Labute approximate surface area is 77.5 Å². The van der Waals surface area contributed by atoms with Crippen LogP contribution in [0.3, 0.4) is 0 Å². The predicted molar refractivity (Wildman–Crippen MR) is 50.3 cm³/mol. The lowest BCUT2D eigenvalue weighted by atomic mass is 10.2. The van der Waals surface area contributed by atoms with Crippen molar-refractivity contribution >= 4 is 5.69 Å². The normalized spacial score (nSPS) is 16.9. The van der Waals surface area contributed by atoms with Gasteiger partial charge in [0.15, 0.2) is 0 Å². The van der Waals surface area contributed by atoms with Crippen LogP contribution in [0, 0.1) is 0 Å². The third-order valence-electron chi connectivity index (χ3n) is 2.07. The zero-order chi connectivity index (χ0) is 9.10. The van der Waals surface area contributed by atoms with Crippen LogP contribution < -0.4 is 5.73 Å². The second kappa shape index (κ2) is 3.77.